The lowest BCUT2D eigenvalue weighted by atomic mass is 10.1. The topological polar surface area (TPSA) is 93.2 Å². The van der Waals surface area contributed by atoms with Crippen LogP contribution in [0.2, 0.25) is 0 Å². The Balaban J connectivity index is 2.99. The molecule has 0 atom stereocenters. The first-order chi connectivity index (χ1) is 8.02. The lowest BCUT2D eigenvalue weighted by Gasteiger charge is -2.06. The molecule has 1 rings (SSSR count). The minimum absolute atomic E-state index is 0.0463. The number of ether oxygens (including phenoxy) is 1. The molecule has 0 aliphatic heterocycles. The quantitative estimate of drug-likeness (QED) is 0.823. The number of nitrogens with zero attached hydrogens (tertiary/aromatic N) is 1. The zero-order valence-electron chi connectivity index (χ0n) is 9.51. The molecule has 0 heterocycles. The van der Waals surface area contributed by atoms with Gasteiger partial charge in [0.1, 0.15) is 11.8 Å². The highest BCUT2D eigenvalue weighted by atomic mass is 32.2. The Hall–Kier alpha value is -1.58. The van der Waals surface area contributed by atoms with Crippen molar-refractivity contribution in [2.75, 3.05) is 19.4 Å². The highest BCUT2D eigenvalue weighted by Gasteiger charge is 2.12. The lowest BCUT2D eigenvalue weighted by molar-refractivity contribution is 0.413. The second-order valence-electron chi connectivity index (χ2n) is 3.53. The number of nitriles is 1. The number of sulfone groups is 1. The van der Waals surface area contributed by atoms with Crippen LogP contribution in [0.5, 0.6) is 5.75 Å². The fraction of sp³-hybridized carbons (Fsp3) is 0.364. The molecule has 0 spiro atoms. The van der Waals surface area contributed by atoms with E-state index in [1.807, 2.05) is 6.07 Å². The maximum Gasteiger partial charge on any atom is 0.155 e. The Morgan fingerprint density at radius 1 is 1.47 bits per heavy atom. The first-order valence-electron chi connectivity index (χ1n) is 5.00. The van der Waals surface area contributed by atoms with Crippen molar-refractivity contribution in [3.63, 3.8) is 0 Å². The molecule has 2 N–H and O–H groups in total. The molecule has 0 radical (unpaired) electrons. The van der Waals surface area contributed by atoms with E-state index >= 15 is 0 Å². The van der Waals surface area contributed by atoms with E-state index in [-0.39, 0.29) is 18.1 Å². The van der Waals surface area contributed by atoms with Crippen molar-refractivity contribution >= 4 is 9.84 Å². The molecule has 1 aromatic carbocycles. The van der Waals surface area contributed by atoms with Gasteiger partial charge in [-0.2, -0.15) is 5.26 Å². The Bertz CT molecular complexity index is 532. The molecule has 0 amide bonds. The van der Waals surface area contributed by atoms with E-state index in [0.29, 0.717) is 16.9 Å². The number of rotatable bonds is 5. The summed E-state index contributed by atoms with van der Waals surface area (Å²) in [5, 5.41) is 8.79. The van der Waals surface area contributed by atoms with Crippen molar-refractivity contribution in [3.8, 4) is 11.8 Å². The Morgan fingerprint density at radius 3 is 2.71 bits per heavy atom. The van der Waals surface area contributed by atoms with Crippen molar-refractivity contribution in [2.24, 2.45) is 5.73 Å². The first kappa shape index (κ1) is 13.5. The maximum absolute atomic E-state index is 11.6. The van der Waals surface area contributed by atoms with Crippen LogP contribution in [-0.4, -0.2) is 27.8 Å². The van der Waals surface area contributed by atoms with Crippen LogP contribution >= 0.6 is 0 Å². The molecular weight excluding hydrogens is 240 g/mol. The van der Waals surface area contributed by atoms with Crippen LogP contribution in [0.4, 0.5) is 0 Å². The molecule has 0 fully saturated rings. The van der Waals surface area contributed by atoms with Crippen LogP contribution in [0.3, 0.4) is 0 Å². The molecule has 0 bridgehead atoms. The van der Waals surface area contributed by atoms with Gasteiger partial charge in [-0.1, -0.05) is 6.07 Å². The molecule has 0 saturated carbocycles. The molecule has 0 aromatic heterocycles. The Morgan fingerprint density at radius 2 is 2.18 bits per heavy atom. The summed E-state index contributed by atoms with van der Waals surface area (Å²) in [5.74, 6) is 0.245. The van der Waals surface area contributed by atoms with Gasteiger partial charge >= 0.3 is 0 Å². The van der Waals surface area contributed by atoms with Gasteiger partial charge in [0.15, 0.2) is 9.84 Å². The minimum Gasteiger partial charge on any atom is -0.495 e. The predicted molar refractivity (Wildman–Crippen MR) is 64.3 cm³/mol. The molecule has 0 unspecified atom stereocenters. The Labute approximate surface area is 101 Å². The van der Waals surface area contributed by atoms with E-state index in [2.05, 4.69) is 0 Å². The normalized spacial score (nSPS) is 10.9. The van der Waals surface area contributed by atoms with E-state index in [0.717, 1.165) is 0 Å². The molecule has 1 aromatic rings. The molecule has 92 valence electrons. The van der Waals surface area contributed by atoms with Gasteiger partial charge in [-0.15, -0.1) is 0 Å². The Kier molecular flexibility index (Phi) is 4.49. The summed E-state index contributed by atoms with van der Waals surface area (Å²) in [4.78, 5) is 0. The zero-order chi connectivity index (χ0) is 12.9. The van der Waals surface area contributed by atoms with E-state index < -0.39 is 9.84 Å². The molecule has 17 heavy (non-hydrogen) atoms. The highest BCUT2D eigenvalue weighted by Crippen LogP contribution is 2.20. The van der Waals surface area contributed by atoms with Gasteiger partial charge in [-0.3, -0.25) is 0 Å². The highest BCUT2D eigenvalue weighted by molar-refractivity contribution is 7.90. The summed E-state index contributed by atoms with van der Waals surface area (Å²) >= 11 is 0. The minimum atomic E-state index is -3.19. The number of methoxy groups -OCH3 is 1. The zero-order valence-corrected chi connectivity index (χ0v) is 10.3. The summed E-state index contributed by atoms with van der Waals surface area (Å²) < 4.78 is 28.1. The van der Waals surface area contributed by atoms with Crippen LogP contribution < -0.4 is 10.5 Å². The second kappa shape index (κ2) is 5.66. The van der Waals surface area contributed by atoms with Crippen LogP contribution in [-0.2, 0) is 15.6 Å². The summed E-state index contributed by atoms with van der Waals surface area (Å²) in [6, 6.07) is 6.68. The third-order valence-corrected chi connectivity index (χ3v) is 3.83. The average Bonchev–Trinajstić information content (AvgIpc) is 2.28. The average molecular weight is 254 g/mol. The van der Waals surface area contributed by atoms with Gasteiger partial charge in [-0.05, 0) is 17.7 Å². The van der Waals surface area contributed by atoms with Crippen molar-refractivity contribution in [3.05, 3.63) is 29.3 Å². The first-order valence-corrected chi connectivity index (χ1v) is 6.82. The summed E-state index contributed by atoms with van der Waals surface area (Å²) in [7, 11) is -1.75. The van der Waals surface area contributed by atoms with Gasteiger partial charge in [0.25, 0.3) is 0 Å². The summed E-state index contributed by atoms with van der Waals surface area (Å²) in [6.07, 6.45) is 0. The van der Waals surface area contributed by atoms with Crippen molar-refractivity contribution in [1.29, 1.82) is 5.26 Å². The van der Waals surface area contributed by atoms with Gasteiger partial charge in [0, 0.05) is 6.54 Å². The van der Waals surface area contributed by atoms with Crippen molar-refractivity contribution in [1.82, 2.24) is 0 Å². The third kappa shape index (κ3) is 3.73. The third-order valence-electron chi connectivity index (χ3n) is 2.20. The molecular formula is C11H14N2O3S. The smallest absolute Gasteiger partial charge is 0.155 e. The van der Waals surface area contributed by atoms with Crippen LogP contribution in [0.1, 0.15) is 11.1 Å². The SMILES string of the molecule is COc1cc(CS(=O)(=O)CCN)ccc1C#N. The van der Waals surface area contributed by atoms with Gasteiger partial charge in [0.05, 0.1) is 24.2 Å². The van der Waals surface area contributed by atoms with E-state index in [1.165, 1.54) is 7.11 Å². The second-order valence-corrected chi connectivity index (χ2v) is 5.71. The molecule has 6 heteroatoms. The number of nitrogens with two attached hydrogens (primary N) is 1. The standard InChI is InChI=1S/C11H14N2O3S/c1-16-11-6-9(2-3-10(11)7-13)8-17(14,15)5-4-12/h2-3,6H,4-5,8,12H2,1H3. The van der Waals surface area contributed by atoms with Gasteiger partial charge < -0.3 is 10.5 Å². The number of benzene rings is 1. The number of hydrogen-bond donors (Lipinski definition) is 1. The van der Waals surface area contributed by atoms with Crippen LogP contribution in [0.15, 0.2) is 18.2 Å². The largest absolute Gasteiger partial charge is 0.495 e. The van der Waals surface area contributed by atoms with E-state index in [4.69, 9.17) is 15.7 Å². The maximum atomic E-state index is 11.6. The summed E-state index contributed by atoms with van der Waals surface area (Å²) in [6.45, 7) is 0.107. The number of hydrogen-bond acceptors (Lipinski definition) is 5. The molecule has 0 saturated heterocycles. The molecule has 5 nitrogen and oxygen atoms in total. The van der Waals surface area contributed by atoms with Crippen LogP contribution in [0, 0.1) is 11.3 Å². The van der Waals surface area contributed by atoms with Gasteiger partial charge in [0.2, 0.25) is 0 Å². The fourth-order valence-electron chi connectivity index (χ4n) is 1.42. The van der Waals surface area contributed by atoms with Gasteiger partial charge in [-0.25, -0.2) is 8.42 Å². The monoisotopic (exact) mass is 254 g/mol. The van der Waals surface area contributed by atoms with Crippen molar-refractivity contribution in [2.45, 2.75) is 5.75 Å². The van der Waals surface area contributed by atoms with Crippen molar-refractivity contribution < 1.29 is 13.2 Å². The lowest BCUT2D eigenvalue weighted by Crippen LogP contribution is -2.17. The molecule has 0 aliphatic carbocycles. The van der Waals surface area contributed by atoms with Crippen LogP contribution in [0.25, 0.3) is 0 Å². The fourth-order valence-corrected chi connectivity index (χ4v) is 2.61. The predicted octanol–water partition coefficient (Wildman–Crippen LogP) is 0.440. The van der Waals surface area contributed by atoms with E-state index in [9.17, 15) is 8.42 Å². The summed E-state index contributed by atoms with van der Waals surface area (Å²) in [5.41, 5.74) is 6.20. The van der Waals surface area contributed by atoms with E-state index in [1.54, 1.807) is 18.2 Å². The molecule has 0 aliphatic rings.